The topological polar surface area (TPSA) is 60.8 Å². The van der Waals surface area contributed by atoms with Crippen molar-refractivity contribution in [3.05, 3.63) is 88.6 Å². The number of aromatic nitrogens is 1. The number of nitrogens with zero attached hydrogens (tertiary/aromatic N) is 2. The Morgan fingerprint density at radius 2 is 1.68 bits per heavy atom. The van der Waals surface area contributed by atoms with Crippen LogP contribution in [0.5, 0.6) is 11.5 Å². The van der Waals surface area contributed by atoms with Gasteiger partial charge in [-0.15, -0.1) is 0 Å². The van der Waals surface area contributed by atoms with Gasteiger partial charge >= 0.3 is 0 Å². The van der Waals surface area contributed by atoms with Gasteiger partial charge in [0.05, 0.1) is 6.54 Å². The maximum absolute atomic E-state index is 13.0. The molecule has 1 aromatic heterocycles. The van der Waals surface area contributed by atoms with Crippen molar-refractivity contribution >= 4 is 5.91 Å². The van der Waals surface area contributed by atoms with Gasteiger partial charge in [0.25, 0.3) is 5.56 Å². The van der Waals surface area contributed by atoms with E-state index in [0.29, 0.717) is 36.8 Å². The molecule has 1 aliphatic heterocycles. The Morgan fingerprint density at radius 1 is 0.903 bits per heavy atom. The van der Waals surface area contributed by atoms with Crippen LogP contribution in [-0.4, -0.2) is 35.1 Å². The zero-order chi connectivity index (χ0) is 21.6. The summed E-state index contributed by atoms with van der Waals surface area (Å²) in [5.74, 6) is 1.01. The lowest BCUT2D eigenvalue weighted by atomic mass is 10.2. The molecule has 0 aliphatic carbocycles. The van der Waals surface area contributed by atoms with Gasteiger partial charge in [-0.3, -0.25) is 14.2 Å². The Balaban J connectivity index is 1.33. The molecule has 2 aromatic carbocycles. The number of likely N-dealkylation sites (tertiary alicyclic amines) is 1. The van der Waals surface area contributed by atoms with Crippen LogP contribution in [0.25, 0.3) is 5.69 Å². The predicted octanol–water partition coefficient (Wildman–Crippen LogP) is 3.56. The highest BCUT2D eigenvalue weighted by molar-refractivity contribution is 5.78. The van der Waals surface area contributed by atoms with Crippen LogP contribution in [0.2, 0.25) is 0 Å². The smallest absolute Gasteiger partial charge is 0.258 e. The number of rotatable bonds is 8. The van der Waals surface area contributed by atoms with E-state index in [1.807, 2.05) is 4.90 Å². The molecule has 1 amide bonds. The summed E-state index contributed by atoms with van der Waals surface area (Å²) in [6, 6.07) is 16.4. The van der Waals surface area contributed by atoms with Gasteiger partial charge in [-0.05, 0) is 54.4 Å². The first-order valence-corrected chi connectivity index (χ1v) is 10.2. The van der Waals surface area contributed by atoms with E-state index in [4.69, 9.17) is 9.47 Å². The van der Waals surface area contributed by atoms with Crippen LogP contribution >= 0.6 is 0 Å². The number of amides is 1. The summed E-state index contributed by atoms with van der Waals surface area (Å²) in [7, 11) is 0. The molecule has 0 radical (unpaired) electrons. The Kier molecular flexibility index (Phi) is 6.31. The second-order valence-corrected chi connectivity index (χ2v) is 7.31. The van der Waals surface area contributed by atoms with Gasteiger partial charge in [0.1, 0.15) is 30.5 Å². The van der Waals surface area contributed by atoms with Crippen molar-refractivity contribution in [3.63, 3.8) is 0 Å². The lowest BCUT2D eigenvalue weighted by Crippen LogP contribution is -2.29. The van der Waals surface area contributed by atoms with Crippen LogP contribution in [0.15, 0.2) is 71.7 Å². The number of ether oxygens (including phenoxy) is 2. The van der Waals surface area contributed by atoms with Gasteiger partial charge < -0.3 is 14.4 Å². The molecule has 4 rings (SSSR count). The zero-order valence-electron chi connectivity index (χ0n) is 17.0. The molecule has 160 valence electrons. The van der Waals surface area contributed by atoms with Gasteiger partial charge in [-0.2, -0.15) is 0 Å². The quantitative estimate of drug-likeness (QED) is 0.557. The fraction of sp³-hybridized carbons (Fsp3) is 0.250. The van der Waals surface area contributed by atoms with Crippen molar-refractivity contribution in [2.75, 3.05) is 19.7 Å². The highest BCUT2D eigenvalue weighted by Gasteiger charge is 2.19. The third-order valence-corrected chi connectivity index (χ3v) is 5.13. The Labute approximate surface area is 179 Å². The predicted molar refractivity (Wildman–Crippen MR) is 114 cm³/mol. The first-order chi connectivity index (χ1) is 15.1. The summed E-state index contributed by atoms with van der Waals surface area (Å²) in [6.45, 7) is 2.07. The third-order valence-electron chi connectivity index (χ3n) is 5.13. The van der Waals surface area contributed by atoms with Crippen molar-refractivity contribution in [3.8, 4) is 17.2 Å². The van der Waals surface area contributed by atoms with Gasteiger partial charge in [0, 0.05) is 30.9 Å². The van der Waals surface area contributed by atoms with Crippen molar-refractivity contribution in [2.24, 2.45) is 0 Å². The van der Waals surface area contributed by atoms with Gasteiger partial charge in [-0.1, -0.05) is 12.1 Å². The van der Waals surface area contributed by atoms with E-state index in [2.05, 4.69) is 0 Å². The van der Waals surface area contributed by atoms with Gasteiger partial charge in [0.2, 0.25) is 5.91 Å². The second kappa shape index (κ2) is 9.47. The monoisotopic (exact) mass is 422 g/mol. The molecule has 0 bridgehead atoms. The van der Waals surface area contributed by atoms with Crippen LogP contribution in [0.3, 0.4) is 0 Å². The van der Waals surface area contributed by atoms with Crippen LogP contribution in [-0.2, 0) is 11.4 Å². The lowest BCUT2D eigenvalue weighted by molar-refractivity contribution is -0.128. The summed E-state index contributed by atoms with van der Waals surface area (Å²) < 4.78 is 25.8. The zero-order valence-corrected chi connectivity index (χ0v) is 17.0. The highest BCUT2D eigenvalue weighted by atomic mass is 19.1. The number of carbonyl (C=O) groups is 1. The molecular weight excluding hydrogens is 399 g/mol. The van der Waals surface area contributed by atoms with E-state index < -0.39 is 0 Å². The molecule has 0 unspecified atom stereocenters. The van der Waals surface area contributed by atoms with E-state index in [1.165, 1.54) is 22.8 Å². The minimum atomic E-state index is -0.301. The van der Waals surface area contributed by atoms with Gasteiger partial charge in [0.15, 0.2) is 0 Å². The van der Waals surface area contributed by atoms with Crippen molar-refractivity contribution < 1.29 is 18.7 Å². The minimum absolute atomic E-state index is 0.184. The first kappa shape index (κ1) is 20.7. The molecule has 1 fully saturated rings. The third kappa shape index (κ3) is 5.31. The molecule has 0 spiro atoms. The molecule has 2 heterocycles. The Bertz CT molecular complexity index is 1090. The average Bonchev–Trinajstić information content (AvgIpc) is 3.19. The van der Waals surface area contributed by atoms with Crippen LogP contribution < -0.4 is 15.0 Å². The van der Waals surface area contributed by atoms with Crippen molar-refractivity contribution in [1.82, 2.24) is 9.47 Å². The Morgan fingerprint density at radius 3 is 2.35 bits per heavy atom. The number of hydrogen-bond donors (Lipinski definition) is 0. The number of hydrogen-bond acceptors (Lipinski definition) is 4. The lowest BCUT2D eigenvalue weighted by Gasteiger charge is -2.16. The standard InChI is InChI=1S/C24H23FN2O4/c25-19-5-3-18(4-6-19)17-31-22-11-13-27(24(29)16-22)20-7-9-21(10-8-20)30-15-14-26-12-1-2-23(26)28/h3-11,13,16H,1-2,12,14-15,17H2. The van der Waals surface area contributed by atoms with Crippen molar-refractivity contribution in [2.45, 2.75) is 19.4 Å². The second-order valence-electron chi connectivity index (χ2n) is 7.31. The van der Waals surface area contributed by atoms with E-state index in [1.54, 1.807) is 48.7 Å². The summed E-state index contributed by atoms with van der Waals surface area (Å²) in [5, 5.41) is 0. The van der Waals surface area contributed by atoms with E-state index >= 15 is 0 Å². The molecule has 3 aromatic rings. The van der Waals surface area contributed by atoms with Crippen LogP contribution in [0.1, 0.15) is 18.4 Å². The van der Waals surface area contributed by atoms with Crippen LogP contribution in [0, 0.1) is 5.82 Å². The fourth-order valence-electron chi connectivity index (χ4n) is 3.43. The maximum atomic E-state index is 13.0. The average molecular weight is 422 g/mol. The summed E-state index contributed by atoms with van der Waals surface area (Å²) in [5.41, 5.74) is 1.30. The van der Waals surface area contributed by atoms with Gasteiger partial charge in [-0.25, -0.2) is 4.39 Å². The van der Waals surface area contributed by atoms with E-state index in [9.17, 15) is 14.0 Å². The highest BCUT2D eigenvalue weighted by Crippen LogP contribution is 2.17. The minimum Gasteiger partial charge on any atom is -0.492 e. The molecule has 0 atom stereocenters. The molecular formula is C24H23FN2O4. The number of benzene rings is 2. The molecule has 7 heteroatoms. The molecule has 31 heavy (non-hydrogen) atoms. The molecule has 0 N–H and O–H groups in total. The normalized spacial score (nSPS) is 13.5. The summed E-state index contributed by atoms with van der Waals surface area (Å²) >= 11 is 0. The first-order valence-electron chi connectivity index (χ1n) is 10.2. The van der Waals surface area contributed by atoms with E-state index in [-0.39, 0.29) is 23.9 Å². The maximum Gasteiger partial charge on any atom is 0.258 e. The summed E-state index contributed by atoms with van der Waals surface area (Å²) in [6.07, 6.45) is 3.19. The van der Waals surface area contributed by atoms with Crippen LogP contribution in [0.4, 0.5) is 4.39 Å². The number of pyridine rings is 1. The fourth-order valence-corrected chi connectivity index (χ4v) is 3.43. The SMILES string of the molecule is O=C1CCCN1CCOc1ccc(-n2ccc(OCc3ccc(F)cc3)cc2=O)cc1. The summed E-state index contributed by atoms with van der Waals surface area (Å²) in [4.78, 5) is 25.9. The molecule has 1 aliphatic rings. The molecule has 1 saturated heterocycles. The molecule has 0 saturated carbocycles. The Hall–Kier alpha value is -3.61. The number of halogens is 1. The van der Waals surface area contributed by atoms with E-state index in [0.717, 1.165) is 18.5 Å². The largest absolute Gasteiger partial charge is 0.492 e. The molecule has 6 nitrogen and oxygen atoms in total. The van der Waals surface area contributed by atoms with Crippen molar-refractivity contribution in [1.29, 1.82) is 0 Å². The number of carbonyl (C=O) groups excluding carboxylic acids is 1.